The van der Waals surface area contributed by atoms with Crippen LogP contribution in [-0.4, -0.2) is 34.7 Å². The van der Waals surface area contributed by atoms with Crippen molar-refractivity contribution < 1.29 is 9.63 Å². The molecule has 5 heteroatoms. The van der Waals surface area contributed by atoms with Crippen LogP contribution in [0.4, 0.5) is 0 Å². The lowest BCUT2D eigenvalue weighted by Crippen LogP contribution is -2.25. The van der Waals surface area contributed by atoms with Crippen LogP contribution in [0.5, 0.6) is 0 Å². The van der Waals surface area contributed by atoms with Crippen molar-refractivity contribution >= 4 is 16.9 Å². The van der Waals surface area contributed by atoms with Crippen LogP contribution in [0.1, 0.15) is 69.1 Å². The molecule has 1 saturated carbocycles. The van der Waals surface area contributed by atoms with Crippen molar-refractivity contribution in [2.75, 3.05) is 14.2 Å². The molecule has 0 spiro atoms. The molecule has 1 aliphatic carbocycles. The summed E-state index contributed by atoms with van der Waals surface area (Å²) in [5, 5.41) is 1.24. The van der Waals surface area contributed by atoms with Gasteiger partial charge in [-0.05, 0) is 37.0 Å². The minimum atomic E-state index is -0.159. The van der Waals surface area contributed by atoms with Crippen molar-refractivity contribution in [2.24, 2.45) is 5.92 Å². The third-order valence-corrected chi connectivity index (χ3v) is 5.39. The molecule has 1 aromatic heterocycles. The van der Waals surface area contributed by atoms with Crippen molar-refractivity contribution in [1.29, 1.82) is 0 Å². The summed E-state index contributed by atoms with van der Waals surface area (Å²) in [7, 11) is 3.11. The minimum Gasteiger partial charge on any atom is -0.327 e. The van der Waals surface area contributed by atoms with Crippen molar-refractivity contribution in [2.45, 2.75) is 64.8 Å². The highest BCUT2D eigenvalue weighted by atomic mass is 16.7. The number of amides is 1. The molecule has 2 aromatic rings. The molecule has 0 radical (unpaired) electrons. The topological polar surface area (TPSA) is 47.4 Å². The van der Waals surface area contributed by atoms with Crippen LogP contribution in [0.2, 0.25) is 0 Å². The molecule has 0 N–H and O–H groups in total. The smallest absolute Gasteiger partial charge is 0.277 e. The highest BCUT2D eigenvalue weighted by molar-refractivity contribution is 5.96. The Morgan fingerprint density at radius 3 is 2.58 bits per heavy atom. The number of carbonyl (C=O) groups is 1. The van der Waals surface area contributed by atoms with E-state index in [4.69, 9.17) is 9.82 Å². The third kappa shape index (κ3) is 3.78. The van der Waals surface area contributed by atoms with Crippen molar-refractivity contribution in [3.05, 3.63) is 29.6 Å². The summed E-state index contributed by atoms with van der Waals surface area (Å²) < 4.78 is 2.39. The van der Waals surface area contributed by atoms with E-state index in [1.807, 2.05) is 18.2 Å². The maximum atomic E-state index is 12.4. The highest BCUT2D eigenvalue weighted by Gasteiger charge is 2.26. The second-order valence-corrected chi connectivity index (χ2v) is 8.49. The van der Waals surface area contributed by atoms with Gasteiger partial charge in [-0.25, -0.2) is 10.0 Å². The first kappa shape index (κ1) is 18.9. The molecule has 0 atom stereocenters. The van der Waals surface area contributed by atoms with E-state index in [1.54, 1.807) is 7.05 Å². The summed E-state index contributed by atoms with van der Waals surface area (Å²) >= 11 is 0. The number of carbonyl (C=O) groups excluding carboxylic acids is 1. The number of rotatable bonds is 4. The van der Waals surface area contributed by atoms with Crippen LogP contribution in [0.15, 0.2) is 18.2 Å². The molecule has 1 heterocycles. The quantitative estimate of drug-likeness (QED) is 0.754. The minimum absolute atomic E-state index is 0.0405. The Morgan fingerprint density at radius 1 is 1.27 bits per heavy atom. The lowest BCUT2D eigenvalue weighted by Gasteiger charge is -2.26. The molecule has 0 unspecified atom stereocenters. The lowest BCUT2D eigenvalue weighted by molar-refractivity contribution is -0.0756. The second-order valence-electron chi connectivity index (χ2n) is 8.49. The molecule has 1 amide bonds. The van der Waals surface area contributed by atoms with Crippen molar-refractivity contribution in [1.82, 2.24) is 14.6 Å². The van der Waals surface area contributed by atoms with Crippen molar-refractivity contribution in [3.8, 4) is 0 Å². The molecular formula is C21H31N3O2. The maximum absolute atomic E-state index is 12.4. The van der Waals surface area contributed by atoms with E-state index in [-0.39, 0.29) is 11.3 Å². The molecule has 5 nitrogen and oxygen atoms in total. The van der Waals surface area contributed by atoms with E-state index in [2.05, 4.69) is 25.3 Å². The summed E-state index contributed by atoms with van der Waals surface area (Å²) in [4.78, 5) is 22.3. The predicted octanol–water partition coefficient (Wildman–Crippen LogP) is 4.55. The maximum Gasteiger partial charge on any atom is 0.277 e. The Bertz CT molecular complexity index is 782. The largest absolute Gasteiger partial charge is 0.327 e. The highest BCUT2D eigenvalue weighted by Crippen LogP contribution is 2.31. The zero-order valence-electron chi connectivity index (χ0n) is 16.7. The SMILES string of the molecule is CON(C)C(=O)c1ccc2c(c1)nc(C(C)(C)C)n2CC1CCCCC1. The van der Waals surface area contributed by atoms with E-state index in [9.17, 15) is 4.79 Å². The Kier molecular flexibility index (Phi) is 5.37. The van der Waals surface area contributed by atoms with Gasteiger partial charge in [0.1, 0.15) is 5.82 Å². The van der Waals surface area contributed by atoms with Gasteiger partial charge >= 0.3 is 0 Å². The number of hydroxylamine groups is 2. The van der Waals surface area contributed by atoms with Gasteiger partial charge in [0.05, 0.1) is 18.1 Å². The van der Waals surface area contributed by atoms with Gasteiger partial charge in [-0.3, -0.25) is 9.63 Å². The Morgan fingerprint density at radius 2 is 1.96 bits per heavy atom. The molecule has 1 fully saturated rings. The lowest BCUT2D eigenvalue weighted by atomic mass is 9.88. The number of imidazole rings is 1. The molecule has 3 rings (SSSR count). The van der Waals surface area contributed by atoms with Gasteiger partial charge in [0.25, 0.3) is 5.91 Å². The summed E-state index contributed by atoms with van der Waals surface area (Å²) in [5.41, 5.74) is 2.57. The summed E-state index contributed by atoms with van der Waals surface area (Å²) in [6.07, 6.45) is 6.65. The number of fused-ring (bicyclic) bond motifs is 1. The summed E-state index contributed by atoms with van der Waals surface area (Å²) in [6, 6.07) is 5.81. The van der Waals surface area contributed by atoms with Gasteiger partial charge in [-0.15, -0.1) is 0 Å². The van der Waals surface area contributed by atoms with Crippen LogP contribution in [0.25, 0.3) is 11.0 Å². The monoisotopic (exact) mass is 357 g/mol. The van der Waals surface area contributed by atoms with Crippen LogP contribution < -0.4 is 0 Å². The molecule has 0 bridgehead atoms. The number of aromatic nitrogens is 2. The Balaban J connectivity index is 2.02. The molecule has 0 aliphatic heterocycles. The first-order valence-corrected chi connectivity index (χ1v) is 9.64. The third-order valence-electron chi connectivity index (χ3n) is 5.39. The number of hydrogen-bond acceptors (Lipinski definition) is 3. The molecule has 0 saturated heterocycles. The predicted molar refractivity (Wildman–Crippen MR) is 104 cm³/mol. The van der Waals surface area contributed by atoms with Gasteiger partial charge in [-0.2, -0.15) is 0 Å². The first-order valence-electron chi connectivity index (χ1n) is 9.64. The van der Waals surface area contributed by atoms with E-state index < -0.39 is 0 Å². The zero-order chi connectivity index (χ0) is 18.9. The Hall–Kier alpha value is -1.88. The fourth-order valence-corrected chi connectivity index (χ4v) is 3.91. The fraction of sp³-hybridized carbons (Fsp3) is 0.619. The van der Waals surface area contributed by atoms with Crippen molar-refractivity contribution in [3.63, 3.8) is 0 Å². The van der Waals surface area contributed by atoms with Crippen LogP contribution in [0, 0.1) is 5.92 Å². The average molecular weight is 357 g/mol. The van der Waals surface area contributed by atoms with E-state index in [1.165, 1.54) is 44.3 Å². The zero-order valence-corrected chi connectivity index (χ0v) is 16.7. The average Bonchev–Trinajstić information content (AvgIpc) is 2.99. The van der Waals surface area contributed by atoms with E-state index in [0.717, 1.165) is 29.3 Å². The molecule has 26 heavy (non-hydrogen) atoms. The van der Waals surface area contributed by atoms with Gasteiger partial charge in [0.15, 0.2) is 0 Å². The van der Waals surface area contributed by atoms with Gasteiger partial charge in [0, 0.05) is 24.6 Å². The second kappa shape index (κ2) is 7.39. The fourth-order valence-electron chi connectivity index (χ4n) is 3.91. The number of nitrogens with zero attached hydrogens (tertiary/aromatic N) is 3. The van der Waals surface area contributed by atoms with Gasteiger partial charge < -0.3 is 4.57 Å². The molecule has 142 valence electrons. The van der Waals surface area contributed by atoms with Crippen LogP contribution >= 0.6 is 0 Å². The summed E-state index contributed by atoms with van der Waals surface area (Å²) in [5.74, 6) is 1.67. The van der Waals surface area contributed by atoms with Crippen LogP contribution in [0.3, 0.4) is 0 Å². The van der Waals surface area contributed by atoms with Gasteiger partial charge in [0.2, 0.25) is 0 Å². The number of benzene rings is 1. The molecule has 1 aromatic carbocycles. The molecular weight excluding hydrogens is 326 g/mol. The van der Waals surface area contributed by atoms with E-state index in [0.29, 0.717) is 5.56 Å². The summed E-state index contributed by atoms with van der Waals surface area (Å²) in [6.45, 7) is 7.64. The van der Waals surface area contributed by atoms with Gasteiger partial charge in [-0.1, -0.05) is 40.0 Å². The Labute approximate surface area is 156 Å². The number of hydrogen-bond donors (Lipinski definition) is 0. The first-order chi connectivity index (χ1) is 12.3. The normalized spacial score (nSPS) is 16.2. The molecule has 1 aliphatic rings. The van der Waals surface area contributed by atoms with E-state index >= 15 is 0 Å². The standard InChI is InChI=1S/C21H31N3O2/c1-21(2,3)20-22-17-13-16(19(25)23(4)26-5)11-12-18(17)24(20)14-15-9-7-6-8-10-15/h11-13,15H,6-10,14H2,1-5H3. The van der Waals surface area contributed by atoms with Crippen LogP contribution in [-0.2, 0) is 16.8 Å².